The van der Waals surface area contributed by atoms with Gasteiger partial charge in [-0.1, -0.05) is 42.8 Å². The highest BCUT2D eigenvalue weighted by Gasteiger charge is 2.27. The van der Waals surface area contributed by atoms with Crippen LogP contribution in [0.4, 0.5) is 15.4 Å². The van der Waals surface area contributed by atoms with E-state index in [0.29, 0.717) is 17.3 Å². The molecule has 156 valence electrons. The summed E-state index contributed by atoms with van der Waals surface area (Å²) < 4.78 is 0.892. The predicted octanol–water partition coefficient (Wildman–Crippen LogP) is 3.80. The topological polar surface area (TPSA) is 113 Å². The van der Waals surface area contributed by atoms with Crippen molar-refractivity contribution in [2.45, 2.75) is 31.7 Å². The van der Waals surface area contributed by atoms with Crippen molar-refractivity contribution in [2.75, 3.05) is 18.9 Å². The zero-order valence-corrected chi connectivity index (χ0v) is 16.8. The molecule has 4 rings (SSSR count). The number of carbonyl (C=O) groups is 2. The first kappa shape index (κ1) is 19.9. The molecule has 1 aliphatic heterocycles. The minimum Gasteiger partial charge on any atom is -0.463 e. The van der Waals surface area contributed by atoms with Gasteiger partial charge in [0.2, 0.25) is 0 Å². The molecule has 1 atom stereocenters. The van der Waals surface area contributed by atoms with Crippen molar-refractivity contribution in [3.05, 3.63) is 59.2 Å². The van der Waals surface area contributed by atoms with E-state index in [-0.39, 0.29) is 11.9 Å². The number of likely N-dealkylation sites (tertiary alicyclic amines) is 1. The Kier molecular flexibility index (Phi) is 5.41. The van der Waals surface area contributed by atoms with Gasteiger partial charge in [0.1, 0.15) is 0 Å². The zero-order valence-electron chi connectivity index (χ0n) is 16.8. The van der Waals surface area contributed by atoms with E-state index in [1.807, 2.05) is 36.4 Å². The highest BCUT2D eigenvalue weighted by atomic mass is 16.4. The molecule has 0 saturated carbocycles. The van der Waals surface area contributed by atoms with Gasteiger partial charge in [-0.25, -0.2) is 9.59 Å². The number of carboxylic acid groups (broad SMARTS) is 1. The van der Waals surface area contributed by atoms with Gasteiger partial charge in [0.15, 0.2) is 5.82 Å². The highest BCUT2D eigenvalue weighted by molar-refractivity contribution is 6.03. The lowest BCUT2D eigenvalue weighted by atomic mass is 9.87. The third kappa shape index (κ3) is 3.73. The van der Waals surface area contributed by atoms with Gasteiger partial charge in [-0.3, -0.25) is 10.2 Å². The van der Waals surface area contributed by atoms with Crippen molar-refractivity contribution in [1.29, 1.82) is 0 Å². The number of nitrogens with two attached hydrogens (primary N) is 1. The monoisotopic (exact) mass is 407 g/mol. The Morgan fingerprint density at radius 3 is 2.63 bits per heavy atom. The average molecular weight is 407 g/mol. The number of aromatic nitrogens is 2. The number of fused-ring (bicyclic) bond motifs is 1. The van der Waals surface area contributed by atoms with Crippen LogP contribution in [0.3, 0.4) is 0 Å². The lowest BCUT2D eigenvalue weighted by Crippen LogP contribution is -2.30. The first-order valence-corrected chi connectivity index (χ1v) is 10.0. The van der Waals surface area contributed by atoms with Crippen LogP contribution in [0.5, 0.6) is 0 Å². The largest absolute Gasteiger partial charge is 0.463 e. The first-order chi connectivity index (χ1) is 14.5. The third-order valence-corrected chi connectivity index (χ3v) is 5.77. The van der Waals surface area contributed by atoms with E-state index >= 15 is 0 Å². The number of primary amides is 1. The molecule has 1 aliphatic rings. The normalized spacial score (nSPS) is 17.2. The average Bonchev–Trinajstić information content (AvgIpc) is 3.08. The van der Waals surface area contributed by atoms with Gasteiger partial charge < -0.3 is 10.8 Å². The van der Waals surface area contributed by atoms with Gasteiger partial charge in [0, 0.05) is 11.4 Å². The van der Waals surface area contributed by atoms with Crippen molar-refractivity contribution in [1.82, 2.24) is 14.7 Å². The van der Waals surface area contributed by atoms with E-state index in [2.05, 4.69) is 22.4 Å². The molecule has 0 aliphatic carbocycles. The molecular weight excluding hydrogens is 382 g/mol. The Balaban J connectivity index is 1.97. The molecule has 8 heteroatoms. The molecular formula is C22H25N5O3. The van der Waals surface area contributed by atoms with Crippen LogP contribution in [0.1, 0.15) is 42.0 Å². The number of amides is 2. The third-order valence-electron chi connectivity index (χ3n) is 5.77. The number of nitrogens with zero attached hydrogens (tertiary/aromatic N) is 3. The van der Waals surface area contributed by atoms with E-state index in [4.69, 9.17) is 5.73 Å². The Morgan fingerprint density at radius 2 is 1.97 bits per heavy atom. The van der Waals surface area contributed by atoms with Crippen LogP contribution in [0.15, 0.2) is 42.5 Å². The van der Waals surface area contributed by atoms with Crippen LogP contribution >= 0.6 is 0 Å². The molecule has 2 aromatic carbocycles. The predicted molar refractivity (Wildman–Crippen MR) is 115 cm³/mol. The lowest BCUT2D eigenvalue weighted by Gasteiger charge is -2.34. The maximum Gasteiger partial charge on any atom is 0.432 e. The van der Waals surface area contributed by atoms with Gasteiger partial charge in [-0.2, -0.15) is 4.68 Å². The fourth-order valence-corrected chi connectivity index (χ4v) is 4.42. The number of rotatable bonds is 4. The van der Waals surface area contributed by atoms with Crippen molar-refractivity contribution in [3.63, 3.8) is 0 Å². The standard InChI is InChI=1S/C22H25N5O3/c1-26-12-6-5-9-17(26)15-10-11-18-19(16(15)13-14-7-3-2-4-8-14)20(24-21(23)28)25-27(18)22(29)30/h2-4,7-8,10-11,17H,5-6,9,12-13H2,1H3,(H,29,30)(H3,23,24,25,28). The molecule has 1 saturated heterocycles. The molecule has 0 radical (unpaired) electrons. The summed E-state index contributed by atoms with van der Waals surface area (Å²) in [6, 6.07) is 13.2. The van der Waals surface area contributed by atoms with Crippen LogP contribution in [0.2, 0.25) is 0 Å². The highest BCUT2D eigenvalue weighted by Crippen LogP contribution is 2.38. The number of hydrogen-bond acceptors (Lipinski definition) is 4. The zero-order chi connectivity index (χ0) is 21.3. The molecule has 3 aromatic rings. The van der Waals surface area contributed by atoms with E-state index in [1.165, 1.54) is 0 Å². The minimum absolute atomic E-state index is 0.172. The molecule has 4 N–H and O–H groups in total. The maximum absolute atomic E-state index is 11.8. The second-order valence-electron chi connectivity index (χ2n) is 7.71. The first-order valence-electron chi connectivity index (χ1n) is 10.0. The number of piperidine rings is 1. The number of benzene rings is 2. The quantitative estimate of drug-likeness (QED) is 0.609. The number of hydrogen-bond donors (Lipinski definition) is 3. The van der Waals surface area contributed by atoms with Crippen molar-refractivity contribution >= 4 is 28.8 Å². The summed E-state index contributed by atoms with van der Waals surface area (Å²) in [7, 11) is 2.11. The second kappa shape index (κ2) is 8.16. The Hall–Kier alpha value is -3.39. The summed E-state index contributed by atoms with van der Waals surface area (Å²) in [5, 5.41) is 16.9. The molecule has 0 spiro atoms. The van der Waals surface area contributed by atoms with Crippen LogP contribution in [0.25, 0.3) is 10.9 Å². The van der Waals surface area contributed by atoms with Crippen LogP contribution in [-0.2, 0) is 6.42 Å². The van der Waals surface area contributed by atoms with Crippen molar-refractivity contribution in [3.8, 4) is 0 Å². The van der Waals surface area contributed by atoms with Crippen molar-refractivity contribution < 1.29 is 14.7 Å². The minimum atomic E-state index is -1.22. The number of nitrogens with one attached hydrogen (secondary N) is 1. The molecule has 30 heavy (non-hydrogen) atoms. The van der Waals surface area contributed by atoms with Crippen LogP contribution < -0.4 is 11.1 Å². The molecule has 1 fully saturated rings. The van der Waals surface area contributed by atoms with E-state index < -0.39 is 12.1 Å². The maximum atomic E-state index is 11.8. The van der Waals surface area contributed by atoms with E-state index in [1.54, 1.807) is 6.07 Å². The Morgan fingerprint density at radius 1 is 1.20 bits per heavy atom. The van der Waals surface area contributed by atoms with Gasteiger partial charge in [0.05, 0.1) is 5.52 Å². The lowest BCUT2D eigenvalue weighted by molar-refractivity contribution is 0.187. The van der Waals surface area contributed by atoms with Crippen LogP contribution in [-0.4, -0.2) is 45.5 Å². The molecule has 2 amide bonds. The van der Waals surface area contributed by atoms with Gasteiger partial charge in [-0.15, -0.1) is 5.10 Å². The van der Waals surface area contributed by atoms with E-state index in [0.717, 1.165) is 47.2 Å². The van der Waals surface area contributed by atoms with Gasteiger partial charge >= 0.3 is 12.1 Å². The summed E-state index contributed by atoms with van der Waals surface area (Å²) in [6.45, 7) is 1.01. The second-order valence-corrected chi connectivity index (χ2v) is 7.71. The number of carbonyl (C=O) groups excluding carboxylic acids is 1. The summed E-state index contributed by atoms with van der Waals surface area (Å²) >= 11 is 0. The number of urea groups is 1. The Bertz CT molecular complexity index is 1090. The van der Waals surface area contributed by atoms with E-state index in [9.17, 15) is 14.7 Å². The fourth-order valence-electron chi connectivity index (χ4n) is 4.42. The van der Waals surface area contributed by atoms with Gasteiger partial charge in [-0.05, 0) is 55.6 Å². The smallest absolute Gasteiger partial charge is 0.432 e. The summed E-state index contributed by atoms with van der Waals surface area (Å²) in [5.41, 5.74) is 8.97. The summed E-state index contributed by atoms with van der Waals surface area (Å²) in [6.07, 6.45) is 2.70. The summed E-state index contributed by atoms with van der Waals surface area (Å²) in [5.74, 6) is 0.172. The Labute approximate surface area is 174 Å². The van der Waals surface area contributed by atoms with Crippen molar-refractivity contribution in [2.24, 2.45) is 5.73 Å². The molecule has 8 nitrogen and oxygen atoms in total. The molecule has 1 aromatic heterocycles. The SMILES string of the molecule is CN1CCCCC1c1ccc2c(c(NC(N)=O)nn2C(=O)O)c1Cc1ccccc1. The van der Waals surface area contributed by atoms with Crippen LogP contribution in [0, 0.1) is 0 Å². The molecule has 2 heterocycles. The summed E-state index contributed by atoms with van der Waals surface area (Å²) in [4.78, 5) is 25.7. The van der Waals surface area contributed by atoms with Gasteiger partial charge in [0.25, 0.3) is 0 Å². The fraction of sp³-hybridized carbons (Fsp3) is 0.318. The molecule has 1 unspecified atom stereocenters. The molecule has 0 bridgehead atoms. The number of anilines is 1.